The van der Waals surface area contributed by atoms with Crippen LogP contribution in [0.1, 0.15) is 6.42 Å². The van der Waals surface area contributed by atoms with Gasteiger partial charge in [-0.15, -0.1) is 11.3 Å². The maximum absolute atomic E-state index is 11.9. The van der Waals surface area contributed by atoms with Gasteiger partial charge in [-0.2, -0.15) is 0 Å². The molecule has 1 aliphatic rings. The van der Waals surface area contributed by atoms with Crippen LogP contribution in [0.2, 0.25) is 4.34 Å². The van der Waals surface area contributed by atoms with Crippen molar-refractivity contribution in [2.24, 2.45) is 5.92 Å². The molecule has 1 aliphatic heterocycles. The summed E-state index contributed by atoms with van der Waals surface area (Å²) in [6, 6.07) is 2.95. The average molecular weight is 330 g/mol. The Morgan fingerprint density at radius 3 is 2.67 bits per heavy atom. The van der Waals surface area contributed by atoms with Crippen LogP contribution in [0.5, 0.6) is 0 Å². The molecule has 1 unspecified atom stereocenters. The fourth-order valence-electron chi connectivity index (χ4n) is 1.77. The lowest BCUT2D eigenvalue weighted by Gasteiger charge is -2.08. The lowest BCUT2D eigenvalue weighted by Crippen LogP contribution is -2.29. The summed E-state index contributed by atoms with van der Waals surface area (Å²) in [5.41, 5.74) is 0. The van der Waals surface area contributed by atoms with Crippen LogP contribution in [-0.4, -0.2) is 34.9 Å². The molecule has 102 valence electrons. The molecule has 18 heavy (non-hydrogen) atoms. The highest BCUT2D eigenvalue weighted by atomic mass is 35.5. The molecule has 0 amide bonds. The van der Waals surface area contributed by atoms with E-state index in [0.717, 1.165) is 11.3 Å². The molecular formula is C9H12ClNO4S3. The van der Waals surface area contributed by atoms with E-state index in [1.807, 2.05) is 0 Å². The molecule has 2 heterocycles. The number of sulfone groups is 1. The van der Waals surface area contributed by atoms with Crippen LogP contribution >= 0.6 is 22.9 Å². The Balaban J connectivity index is 1.98. The first-order valence-corrected chi connectivity index (χ1v) is 9.74. The van der Waals surface area contributed by atoms with Crippen molar-refractivity contribution in [3.8, 4) is 0 Å². The molecule has 2 rings (SSSR count). The summed E-state index contributed by atoms with van der Waals surface area (Å²) in [4.78, 5) is 0. The third-order valence-electron chi connectivity index (χ3n) is 2.70. The van der Waals surface area contributed by atoms with Gasteiger partial charge in [0, 0.05) is 6.54 Å². The maximum atomic E-state index is 11.9. The third kappa shape index (κ3) is 3.45. The molecule has 1 aromatic heterocycles. The van der Waals surface area contributed by atoms with Gasteiger partial charge in [0.25, 0.3) is 0 Å². The maximum Gasteiger partial charge on any atom is 0.250 e. The van der Waals surface area contributed by atoms with Gasteiger partial charge in [0.05, 0.1) is 15.8 Å². The number of sulfonamides is 1. The van der Waals surface area contributed by atoms with E-state index >= 15 is 0 Å². The van der Waals surface area contributed by atoms with Crippen LogP contribution in [0.4, 0.5) is 0 Å². The van der Waals surface area contributed by atoms with E-state index in [-0.39, 0.29) is 28.2 Å². The third-order valence-corrected chi connectivity index (χ3v) is 7.69. The first-order valence-electron chi connectivity index (χ1n) is 5.24. The molecule has 1 aromatic rings. The van der Waals surface area contributed by atoms with Crippen molar-refractivity contribution in [3.63, 3.8) is 0 Å². The molecular weight excluding hydrogens is 318 g/mol. The molecule has 1 fully saturated rings. The minimum atomic E-state index is -3.57. The molecule has 0 spiro atoms. The molecule has 1 saturated heterocycles. The van der Waals surface area contributed by atoms with Crippen molar-refractivity contribution < 1.29 is 16.8 Å². The van der Waals surface area contributed by atoms with Crippen LogP contribution in [0.3, 0.4) is 0 Å². The smallest absolute Gasteiger partial charge is 0.229 e. The van der Waals surface area contributed by atoms with Gasteiger partial charge in [-0.05, 0) is 24.5 Å². The second kappa shape index (κ2) is 5.09. The summed E-state index contributed by atoms with van der Waals surface area (Å²) in [6.45, 7) is 0.150. The lowest BCUT2D eigenvalue weighted by molar-refractivity contribution is 0.544. The molecule has 1 atom stereocenters. The van der Waals surface area contributed by atoms with Gasteiger partial charge < -0.3 is 0 Å². The molecule has 5 nitrogen and oxygen atoms in total. The zero-order valence-electron chi connectivity index (χ0n) is 9.30. The number of halogens is 1. The number of nitrogens with one attached hydrogen (secondary N) is 1. The largest absolute Gasteiger partial charge is 0.250 e. The molecule has 0 radical (unpaired) electrons. The highest BCUT2D eigenvalue weighted by molar-refractivity contribution is 7.92. The predicted octanol–water partition coefficient (Wildman–Crippen LogP) is 1.11. The summed E-state index contributed by atoms with van der Waals surface area (Å²) in [7, 11) is -6.55. The Kier molecular flexibility index (Phi) is 4.03. The SMILES string of the molecule is O=S1(=O)CCC(CNS(=O)(=O)c2ccc(Cl)s2)C1. The monoisotopic (exact) mass is 329 g/mol. The number of hydrogen-bond donors (Lipinski definition) is 1. The minimum Gasteiger partial charge on any atom is -0.229 e. The average Bonchev–Trinajstić information content (AvgIpc) is 2.82. The molecule has 0 aliphatic carbocycles. The molecule has 0 bridgehead atoms. The van der Waals surface area contributed by atoms with E-state index in [0.29, 0.717) is 10.8 Å². The van der Waals surface area contributed by atoms with Crippen molar-refractivity contribution in [1.82, 2.24) is 4.72 Å². The fourth-order valence-corrected chi connectivity index (χ4v) is 6.28. The Hall–Kier alpha value is -0.150. The van der Waals surface area contributed by atoms with Crippen LogP contribution in [-0.2, 0) is 19.9 Å². The van der Waals surface area contributed by atoms with Crippen molar-refractivity contribution in [2.45, 2.75) is 10.6 Å². The first kappa shape index (κ1) is 14.3. The highest BCUT2D eigenvalue weighted by Gasteiger charge is 2.29. The topological polar surface area (TPSA) is 80.3 Å². The van der Waals surface area contributed by atoms with Gasteiger partial charge in [0.2, 0.25) is 10.0 Å². The number of thiophene rings is 1. The Morgan fingerprint density at radius 1 is 1.44 bits per heavy atom. The summed E-state index contributed by atoms with van der Waals surface area (Å²) >= 11 is 6.65. The minimum absolute atomic E-state index is 0.0563. The van der Waals surface area contributed by atoms with Crippen LogP contribution in [0.15, 0.2) is 16.3 Å². The summed E-state index contributed by atoms with van der Waals surface area (Å²) in [6.07, 6.45) is 0.510. The van der Waals surface area contributed by atoms with Gasteiger partial charge in [-0.3, -0.25) is 0 Å². The van der Waals surface area contributed by atoms with E-state index in [4.69, 9.17) is 11.6 Å². The second-order valence-corrected chi connectivity index (χ2v) is 10.1. The Bertz CT molecular complexity index is 635. The Morgan fingerprint density at radius 2 is 2.17 bits per heavy atom. The van der Waals surface area contributed by atoms with Crippen LogP contribution < -0.4 is 4.72 Å². The van der Waals surface area contributed by atoms with Crippen molar-refractivity contribution in [3.05, 3.63) is 16.5 Å². The van der Waals surface area contributed by atoms with Crippen molar-refractivity contribution in [1.29, 1.82) is 0 Å². The molecule has 0 aromatic carbocycles. The van der Waals surface area contributed by atoms with Crippen LogP contribution in [0.25, 0.3) is 0 Å². The van der Waals surface area contributed by atoms with Gasteiger partial charge in [0.1, 0.15) is 4.21 Å². The zero-order chi connectivity index (χ0) is 13.4. The van der Waals surface area contributed by atoms with Gasteiger partial charge in [-0.1, -0.05) is 11.6 Å². The predicted molar refractivity (Wildman–Crippen MR) is 71.3 cm³/mol. The zero-order valence-corrected chi connectivity index (χ0v) is 12.5. The van der Waals surface area contributed by atoms with Gasteiger partial charge >= 0.3 is 0 Å². The normalized spacial score (nSPS) is 23.3. The van der Waals surface area contributed by atoms with E-state index in [2.05, 4.69) is 4.72 Å². The fraction of sp³-hybridized carbons (Fsp3) is 0.556. The van der Waals surface area contributed by atoms with Crippen LogP contribution in [0, 0.1) is 5.92 Å². The lowest BCUT2D eigenvalue weighted by atomic mass is 10.1. The van der Waals surface area contributed by atoms with Crippen molar-refractivity contribution in [2.75, 3.05) is 18.1 Å². The summed E-state index contributed by atoms with van der Waals surface area (Å²) in [5.74, 6) is 0.0607. The standard InChI is InChI=1S/C9H12ClNO4S3/c10-8-1-2-9(16-8)18(14,15)11-5-7-3-4-17(12,13)6-7/h1-2,7,11H,3-6H2. The highest BCUT2D eigenvalue weighted by Crippen LogP contribution is 2.25. The van der Waals surface area contributed by atoms with E-state index in [9.17, 15) is 16.8 Å². The summed E-state index contributed by atoms with van der Waals surface area (Å²) in [5, 5.41) is 0. The summed E-state index contributed by atoms with van der Waals surface area (Å²) < 4.78 is 49.2. The van der Waals surface area contributed by atoms with E-state index in [1.165, 1.54) is 12.1 Å². The van der Waals surface area contributed by atoms with Crippen molar-refractivity contribution >= 4 is 42.8 Å². The number of hydrogen-bond acceptors (Lipinski definition) is 5. The van der Waals surface area contributed by atoms with Gasteiger partial charge in [-0.25, -0.2) is 21.6 Å². The molecule has 0 saturated carbocycles. The molecule has 9 heteroatoms. The second-order valence-electron chi connectivity index (χ2n) is 4.18. The van der Waals surface area contributed by atoms with E-state index in [1.54, 1.807) is 0 Å². The first-order chi connectivity index (χ1) is 8.28. The van der Waals surface area contributed by atoms with Gasteiger partial charge in [0.15, 0.2) is 9.84 Å². The quantitative estimate of drug-likeness (QED) is 0.897. The number of rotatable bonds is 4. The Labute approximate surface area is 115 Å². The van der Waals surface area contributed by atoms with E-state index < -0.39 is 19.9 Å². The molecule has 1 N–H and O–H groups in total.